The zero-order chi connectivity index (χ0) is 15.8. The number of hydrogen-bond acceptors (Lipinski definition) is 3. The van der Waals surface area contributed by atoms with Crippen molar-refractivity contribution >= 4 is 33.0 Å². The Balaban J connectivity index is 2.43. The number of anilines is 2. The van der Waals surface area contributed by atoms with E-state index in [0.29, 0.717) is 16.3 Å². The van der Waals surface area contributed by atoms with Crippen LogP contribution in [0.1, 0.15) is 16.7 Å². The number of hydrogen-bond donors (Lipinski definition) is 2. The molecule has 2 aromatic rings. The van der Waals surface area contributed by atoms with Crippen molar-refractivity contribution in [1.82, 2.24) is 0 Å². The van der Waals surface area contributed by atoms with E-state index < -0.39 is 10.0 Å². The van der Waals surface area contributed by atoms with Gasteiger partial charge in [-0.05, 0) is 50.1 Å². The van der Waals surface area contributed by atoms with Crippen LogP contribution < -0.4 is 10.5 Å². The number of benzene rings is 2. The van der Waals surface area contributed by atoms with Crippen LogP contribution >= 0.6 is 11.6 Å². The Labute approximate surface area is 130 Å². The van der Waals surface area contributed by atoms with E-state index in [1.807, 2.05) is 26.0 Å². The molecule has 0 bridgehead atoms. The molecule has 0 spiro atoms. The summed E-state index contributed by atoms with van der Waals surface area (Å²) in [7, 11) is -3.70. The summed E-state index contributed by atoms with van der Waals surface area (Å²) in [6.45, 7) is 5.52. The summed E-state index contributed by atoms with van der Waals surface area (Å²) in [5.41, 5.74) is 9.09. The molecule has 0 fully saturated rings. The van der Waals surface area contributed by atoms with Gasteiger partial charge in [0.1, 0.15) is 0 Å². The Hall–Kier alpha value is -1.72. The summed E-state index contributed by atoms with van der Waals surface area (Å²) in [6, 6.07) is 8.38. The molecule has 4 nitrogen and oxygen atoms in total. The van der Waals surface area contributed by atoms with E-state index >= 15 is 0 Å². The molecule has 6 heteroatoms. The molecule has 0 aliphatic carbocycles. The van der Waals surface area contributed by atoms with Gasteiger partial charge in [-0.2, -0.15) is 0 Å². The van der Waals surface area contributed by atoms with Crippen molar-refractivity contribution in [3.05, 3.63) is 52.0 Å². The lowest BCUT2D eigenvalue weighted by Gasteiger charge is -2.13. The molecule has 0 aliphatic rings. The van der Waals surface area contributed by atoms with E-state index in [1.54, 1.807) is 13.0 Å². The molecule has 0 saturated carbocycles. The largest absolute Gasteiger partial charge is 0.397 e. The average molecular weight is 325 g/mol. The Morgan fingerprint density at radius 3 is 2.29 bits per heavy atom. The Morgan fingerprint density at radius 1 is 1.05 bits per heavy atom. The van der Waals surface area contributed by atoms with Gasteiger partial charge in [0.05, 0.1) is 21.3 Å². The maximum Gasteiger partial charge on any atom is 0.261 e. The van der Waals surface area contributed by atoms with E-state index in [1.165, 1.54) is 12.1 Å². The van der Waals surface area contributed by atoms with E-state index in [0.717, 1.165) is 11.1 Å². The lowest BCUT2D eigenvalue weighted by molar-refractivity contribution is 0.601. The van der Waals surface area contributed by atoms with Crippen molar-refractivity contribution in [2.75, 3.05) is 10.5 Å². The summed E-state index contributed by atoms with van der Waals surface area (Å²) in [5.74, 6) is 0. The minimum Gasteiger partial charge on any atom is -0.397 e. The van der Waals surface area contributed by atoms with Crippen molar-refractivity contribution in [2.24, 2.45) is 0 Å². The second-order valence-electron chi connectivity index (χ2n) is 5.07. The van der Waals surface area contributed by atoms with Gasteiger partial charge in [0.2, 0.25) is 0 Å². The van der Waals surface area contributed by atoms with Crippen LogP contribution in [0, 0.1) is 20.8 Å². The van der Waals surface area contributed by atoms with E-state index in [9.17, 15) is 8.42 Å². The van der Waals surface area contributed by atoms with Gasteiger partial charge < -0.3 is 5.73 Å². The summed E-state index contributed by atoms with van der Waals surface area (Å²) in [5, 5.41) is 0.375. The van der Waals surface area contributed by atoms with Crippen LogP contribution in [0.5, 0.6) is 0 Å². The highest BCUT2D eigenvalue weighted by molar-refractivity contribution is 7.92. The van der Waals surface area contributed by atoms with Gasteiger partial charge in [0.25, 0.3) is 10.0 Å². The van der Waals surface area contributed by atoms with Crippen molar-refractivity contribution in [3.8, 4) is 0 Å². The van der Waals surface area contributed by atoms with Crippen molar-refractivity contribution in [2.45, 2.75) is 25.7 Å². The molecule has 3 N–H and O–H groups in total. The normalized spacial score (nSPS) is 11.4. The molecule has 0 unspecified atom stereocenters. The first kappa shape index (κ1) is 15.7. The molecule has 0 heterocycles. The second-order valence-corrected chi connectivity index (χ2v) is 7.13. The highest BCUT2D eigenvalue weighted by Gasteiger charge is 2.17. The molecule has 0 aliphatic heterocycles. The number of nitrogens with one attached hydrogen (secondary N) is 1. The minimum absolute atomic E-state index is 0.0990. The molecular weight excluding hydrogens is 308 g/mol. The number of nitrogens with two attached hydrogens (primary N) is 1. The standard InChI is InChI=1S/C15H17ClN2O2S/c1-9-4-5-14(10(2)6-9)18-21(19,20)12-7-11(3)15(16)13(17)8-12/h4-8,18H,17H2,1-3H3. The fourth-order valence-corrected chi connectivity index (χ4v) is 3.41. The van der Waals surface area contributed by atoms with E-state index in [-0.39, 0.29) is 10.6 Å². The fraction of sp³-hybridized carbons (Fsp3) is 0.200. The molecular formula is C15H17ClN2O2S. The van der Waals surface area contributed by atoms with Gasteiger partial charge in [0, 0.05) is 0 Å². The zero-order valence-corrected chi connectivity index (χ0v) is 13.6. The van der Waals surface area contributed by atoms with Crippen LogP contribution in [0.25, 0.3) is 0 Å². The zero-order valence-electron chi connectivity index (χ0n) is 12.1. The molecule has 2 rings (SSSR count). The van der Waals surface area contributed by atoms with Gasteiger partial charge in [-0.25, -0.2) is 8.42 Å². The van der Waals surface area contributed by atoms with Gasteiger partial charge >= 0.3 is 0 Å². The molecule has 0 saturated heterocycles. The van der Waals surface area contributed by atoms with Crippen LogP contribution in [0.15, 0.2) is 35.2 Å². The third kappa shape index (κ3) is 3.31. The lowest BCUT2D eigenvalue weighted by atomic mass is 10.1. The topological polar surface area (TPSA) is 72.2 Å². The highest BCUT2D eigenvalue weighted by atomic mass is 35.5. The van der Waals surface area contributed by atoms with Gasteiger partial charge in [0.15, 0.2) is 0 Å². The number of nitrogen functional groups attached to an aromatic ring is 1. The van der Waals surface area contributed by atoms with Crippen LogP contribution in [-0.4, -0.2) is 8.42 Å². The predicted molar refractivity (Wildman–Crippen MR) is 87.3 cm³/mol. The van der Waals surface area contributed by atoms with Crippen molar-refractivity contribution in [3.63, 3.8) is 0 Å². The van der Waals surface area contributed by atoms with Crippen LogP contribution in [0.2, 0.25) is 5.02 Å². The summed E-state index contributed by atoms with van der Waals surface area (Å²) >= 11 is 5.96. The number of rotatable bonds is 3. The summed E-state index contributed by atoms with van der Waals surface area (Å²) in [6.07, 6.45) is 0. The number of sulfonamides is 1. The third-order valence-corrected chi connectivity index (χ3v) is 5.05. The second kappa shape index (κ2) is 5.58. The van der Waals surface area contributed by atoms with Crippen LogP contribution in [-0.2, 0) is 10.0 Å². The molecule has 0 aromatic heterocycles. The van der Waals surface area contributed by atoms with Gasteiger partial charge in [-0.3, -0.25) is 4.72 Å². The average Bonchev–Trinajstić information content (AvgIpc) is 2.38. The predicted octanol–water partition coefficient (Wildman–Crippen LogP) is 3.65. The first-order chi connectivity index (χ1) is 9.70. The molecule has 21 heavy (non-hydrogen) atoms. The lowest BCUT2D eigenvalue weighted by Crippen LogP contribution is -2.14. The highest BCUT2D eigenvalue weighted by Crippen LogP contribution is 2.28. The SMILES string of the molecule is Cc1ccc(NS(=O)(=O)c2cc(C)c(Cl)c(N)c2)c(C)c1. The first-order valence-corrected chi connectivity index (χ1v) is 8.22. The van der Waals surface area contributed by atoms with Crippen LogP contribution in [0.4, 0.5) is 11.4 Å². The molecule has 112 valence electrons. The van der Waals surface area contributed by atoms with Crippen molar-refractivity contribution in [1.29, 1.82) is 0 Å². The molecule has 0 amide bonds. The maximum absolute atomic E-state index is 12.4. The number of halogens is 1. The summed E-state index contributed by atoms with van der Waals surface area (Å²) in [4.78, 5) is 0.0990. The van der Waals surface area contributed by atoms with Gasteiger partial charge in [-0.15, -0.1) is 0 Å². The van der Waals surface area contributed by atoms with Crippen molar-refractivity contribution < 1.29 is 8.42 Å². The minimum atomic E-state index is -3.70. The molecule has 0 atom stereocenters. The number of aryl methyl sites for hydroxylation is 3. The van der Waals surface area contributed by atoms with E-state index in [2.05, 4.69) is 4.72 Å². The summed E-state index contributed by atoms with van der Waals surface area (Å²) < 4.78 is 27.5. The Bertz CT molecular complexity index is 778. The molecule has 0 radical (unpaired) electrons. The third-order valence-electron chi connectivity index (χ3n) is 3.19. The Morgan fingerprint density at radius 2 is 1.71 bits per heavy atom. The maximum atomic E-state index is 12.4. The first-order valence-electron chi connectivity index (χ1n) is 6.36. The van der Waals surface area contributed by atoms with Crippen LogP contribution in [0.3, 0.4) is 0 Å². The van der Waals surface area contributed by atoms with E-state index in [4.69, 9.17) is 17.3 Å². The quantitative estimate of drug-likeness (QED) is 0.846. The van der Waals surface area contributed by atoms with Gasteiger partial charge in [-0.1, -0.05) is 29.3 Å². The molecule has 2 aromatic carbocycles. The smallest absolute Gasteiger partial charge is 0.261 e. The Kier molecular flexibility index (Phi) is 4.16. The monoisotopic (exact) mass is 324 g/mol. The fourth-order valence-electron chi connectivity index (χ4n) is 2.05.